The second-order valence-corrected chi connectivity index (χ2v) is 6.92. The summed E-state index contributed by atoms with van der Waals surface area (Å²) in [6, 6.07) is 8.30. The predicted molar refractivity (Wildman–Crippen MR) is 88.5 cm³/mol. The van der Waals surface area contributed by atoms with Gasteiger partial charge in [0.05, 0.1) is 6.61 Å². The summed E-state index contributed by atoms with van der Waals surface area (Å²) in [7, 11) is 0. The molecule has 20 heavy (non-hydrogen) atoms. The fraction of sp³-hybridized carbons (Fsp3) is 0.647. The lowest BCUT2D eigenvalue weighted by molar-refractivity contribution is 0.313. The van der Waals surface area contributed by atoms with E-state index in [0.717, 1.165) is 35.3 Å². The van der Waals surface area contributed by atoms with Crippen molar-refractivity contribution in [3.8, 4) is 5.75 Å². The van der Waals surface area contributed by atoms with E-state index in [0.29, 0.717) is 0 Å². The lowest BCUT2D eigenvalue weighted by Crippen LogP contribution is -2.18. The van der Waals surface area contributed by atoms with Crippen molar-refractivity contribution in [1.82, 2.24) is 0 Å². The minimum atomic E-state index is 0.0787. The van der Waals surface area contributed by atoms with Gasteiger partial charge in [-0.2, -0.15) is 11.8 Å². The van der Waals surface area contributed by atoms with Crippen molar-refractivity contribution < 1.29 is 4.74 Å². The Hall–Kier alpha value is -0.670. The summed E-state index contributed by atoms with van der Waals surface area (Å²) in [5.41, 5.74) is 7.54. The van der Waals surface area contributed by atoms with Crippen LogP contribution >= 0.6 is 11.8 Å². The number of para-hydroxylation sites is 1. The molecule has 1 fully saturated rings. The minimum absolute atomic E-state index is 0.0787. The number of nitrogens with two attached hydrogens (primary N) is 1. The average Bonchev–Trinajstić information content (AvgIpc) is 2.52. The first-order chi connectivity index (χ1) is 9.81. The standard InChI is InChI=1S/C17H27NOS/c1-2-12-19-17-11-7-6-10-15(17)16(18)13-20-14-8-4-3-5-9-14/h6-7,10-11,14,16H,2-5,8-9,12-13,18H2,1H3. The lowest BCUT2D eigenvalue weighted by atomic mass is 10.0. The van der Waals surface area contributed by atoms with Crippen LogP contribution < -0.4 is 10.5 Å². The van der Waals surface area contributed by atoms with Gasteiger partial charge < -0.3 is 10.5 Å². The Kier molecular flexibility index (Phi) is 6.74. The molecular formula is C17H27NOS. The average molecular weight is 293 g/mol. The summed E-state index contributed by atoms with van der Waals surface area (Å²) in [5, 5.41) is 0.818. The summed E-state index contributed by atoms with van der Waals surface area (Å²) in [4.78, 5) is 0. The first-order valence-electron chi connectivity index (χ1n) is 7.90. The summed E-state index contributed by atoms with van der Waals surface area (Å²) < 4.78 is 5.81. The molecular weight excluding hydrogens is 266 g/mol. The summed E-state index contributed by atoms with van der Waals surface area (Å²) in [5.74, 6) is 1.96. The van der Waals surface area contributed by atoms with Crippen molar-refractivity contribution in [2.45, 2.75) is 56.7 Å². The van der Waals surface area contributed by atoms with Gasteiger partial charge in [-0.25, -0.2) is 0 Å². The van der Waals surface area contributed by atoms with Crippen LogP contribution in [0.15, 0.2) is 24.3 Å². The van der Waals surface area contributed by atoms with Crippen molar-refractivity contribution in [3.63, 3.8) is 0 Å². The van der Waals surface area contributed by atoms with E-state index in [1.165, 1.54) is 32.1 Å². The van der Waals surface area contributed by atoms with Crippen molar-refractivity contribution >= 4 is 11.8 Å². The highest BCUT2D eigenvalue weighted by Gasteiger charge is 2.17. The molecule has 1 atom stereocenters. The monoisotopic (exact) mass is 293 g/mol. The van der Waals surface area contributed by atoms with Crippen LogP contribution in [0.3, 0.4) is 0 Å². The smallest absolute Gasteiger partial charge is 0.124 e. The highest BCUT2D eigenvalue weighted by molar-refractivity contribution is 7.99. The van der Waals surface area contributed by atoms with Crippen LogP contribution in [-0.2, 0) is 0 Å². The predicted octanol–water partition coefficient (Wildman–Crippen LogP) is 4.54. The molecule has 0 aliphatic heterocycles. The van der Waals surface area contributed by atoms with Crippen LogP contribution in [0.4, 0.5) is 0 Å². The lowest BCUT2D eigenvalue weighted by Gasteiger charge is -2.23. The maximum absolute atomic E-state index is 6.38. The normalized spacial score (nSPS) is 17.9. The zero-order chi connectivity index (χ0) is 14.2. The topological polar surface area (TPSA) is 35.2 Å². The van der Waals surface area contributed by atoms with Gasteiger partial charge in [-0.15, -0.1) is 0 Å². The Labute approximate surface area is 127 Å². The Morgan fingerprint density at radius 3 is 2.75 bits per heavy atom. The third-order valence-corrected chi connectivity index (χ3v) is 5.34. The van der Waals surface area contributed by atoms with Crippen LogP contribution in [0, 0.1) is 0 Å². The molecule has 2 rings (SSSR count). The Bertz CT molecular complexity index is 390. The van der Waals surface area contributed by atoms with Gasteiger partial charge in [0.1, 0.15) is 5.75 Å². The number of benzene rings is 1. The second-order valence-electron chi connectivity index (χ2n) is 5.59. The Morgan fingerprint density at radius 2 is 2.00 bits per heavy atom. The molecule has 1 saturated carbocycles. The van der Waals surface area contributed by atoms with Crippen molar-refractivity contribution in [1.29, 1.82) is 0 Å². The molecule has 2 N–H and O–H groups in total. The Balaban J connectivity index is 1.88. The highest BCUT2D eigenvalue weighted by atomic mass is 32.2. The van der Waals surface area contributed by atoms with E-state index in [9.17, 15) is 0 Å². The summed E-state index contributed by atoms with van der Waals surface area (Å²) in [6.07, 6.45) is 7.96. The molecule has 0 amide bonds. The summed E-state index contributed by atoms with van der Waals surface area (Å²) in [6.45, 7) is 2.89. The highest BCUT2D eigenvalue weighted by Crippen LogP contribution is 2.32. The molecule has 1 aliphatic carbocycles. The molecule has 1 aromatic carbocycles. The van der Waals surface area contributed by atoms with Crippen LogP contribution in [-0.4, -0.2) is 17.6 Å². The van der Waals surface area contributed by atoms with Gasteiger partial charge in [0, 0.05) is 22.6 Å². The van der Waals surface area contributed by atoms with Crippen LogP contribution in [0.5, 0.6) is 5.75 Å². The third kappa shape index (κ3) is 4.71. The first kappa shape index (κ1) is 15.7. The number of rotatable bonds is 7. The van der Waals surface area contributed by atoms with Crippen LogP contribution in [0.2, 0.25) is 0 Å². The number of ether oxygens (including phenoxy) is 1. The molecule has 0 bridgehead atoms. The van der Waals surface area contributed by atoms with Crippen molar-refractivity contribution in [3.05, 3.63) is 29.8 Å². The van der Waals surface area contributed by atoms with Gasteiger partial charge in [0.25, 0.3) is 0 Å². The van der Waals surface area contributed by atoms with Crippen LogP contribution in [0.25, 0.3) is 0 Å². The molecule has 0 aromatic heterocycles. The fourth-order valence-corrected chi connectivity index (χ4v) is 4.02. The molecule has 0 radical (unpaired) electrons. The molecule has 0 heterocycles. The third-order valence-electron chi connectivity index (χ3n) is 3.84. The van der Waals surface area contributed by atoms with Gasteiger partial charge in [-0.3, -0.25) is 0 Å². The fourth-order valence-electron chi connectivity index (χ4n) is 2.69. The molecule has 1 unspecified atom stereocenters. The van der Waals surface area contributed by atoms with Gasteiger partial charge in [0.2, 0.25) is 0 Å². The zero-order valence-electron chi connectivity index (χ0n) is 12.5. The van der Waals surface area contributed by atoms with E-state index in [2.05, 4.69) is 30.8 Å². The maximum atomic E-state index is 6.38. The van der Waals surface area contributed by atoms with E-state index < -0.39 is 0 Å². The molecule has 112 valence electrons. The second kappa shape index (κ2) is 8.58. The molecule has 0 spiro atoms. The number of hydrogen-bond acceptors (Lipinski definition) is 3. The van der Waals surface area contributed by atoms with Gasteiger partial charge in [-0.05, 0) is 25.3 Å². The zero-order valence-corrected chi connectivity index (χ0v) is 13.3. The minimum Gasteiger partial charge on any atom is -0.493 e. The van der Waals surface area contributed by atoms with Gasteiger partial charge in [0.15, 0.2) is 0 Å². The number of hydrogen-bond donors (Lipinski definition) is 1. The van der Waals surface area contributed by atoms with E-state index in [-0.39, 0.29) is 6.04 Å². The quantitative estimate of drug-likeness (QED) is 0.801. The Morgan fingerprint density at radius 1 is 1.25 bits per heavy atom. The van der Waals surface area contributed by atoms with E-state index in [1.807, 2.05) is 12.1 Å². The largest absolute Gasteiger partial charge is 0.493 e. The van der Waals surface area contributed by atoms with Crippen molar-refractivity contribution in [2.24, 2.45) is 5.73 Å². The molecule has 2 nitrogen and oxygen atoms in total. The van der Waals surface area contributed by atoms with E-state index in [4.69, 9.17) is 10.5 Å². The SMILES string of the molecule is CCCOc1ccccc1C(N)CSC1CCCCC1. The van der Waals surface area contributed by atoms with Crippen molar-refractivity contribution in [2.75, 3.05) is 12.4 Å². The van der Waals surface area contributed by atoms with E-state index >= 15 is 0 Å². The maximum Gasteiger partial charge on any atom is 0.124 e. The van der Waals surface area contributed by atoms with Crippen LogP contribution in [0.1, 0.15) is 57.1 Å². The van der Waals surface area contributed by atoms with Gasteiger partial charge >= 0.3 is 0 Å². The van der Waals surface area contributed by atoms with E-state index in [1.54, 1.807) is 0 Å². The molecule has 1 aliphatic rings. The summed E-state index contributed by atoms with van der Waals surface area (Å²) >= 11 is 2.05. The number of thioether (sulfide) groups is 1. The first-order valence-corrected chi connectivity index (χ1v) is 8.95. The van der Waals surface area contributed by atoms with Gasteiger partial charge in [-0.1, -0.05) is 44.4 Å². The molecule has 0 saturated heterocycles. The molecule has 3 heteroatoms. The molecule has 1 aromatic rings.